The Labute approximate surface area is 159 Å². The first-order valence-corrected chi connectivity index (χ1v) is 9.95. The number of benzene rings is 1. The van der Waals surface area contributed by atoms with Crippen LogP contribution < -0.4 is 5.32 Å². The van der Waals surface area contributed by atoms with Gasteiger partial charge in [-0.2, -0.15) is 0 Å². The van der Waals surface area contributed by atoms with E-state index in [0.717, 1.165) is 36.0 Å². The number of hydrogen-bond acceptors (Lipinski definition) is 2. The van der Waals surface area contributed by atoms with Gasteiger partial charge in [0.05, 0.1) is 6.54 Å². The predicted octanol–water partition coefficient (Wildman–Crippen LogP) is 3.10. The first-order chi connectivity index (χ1) is 13.1. The maximum Gasteiger partial charge on any atom is 0.317 e. The van der Waals surface area contributed by atoms with Crippen molar-refractivity contribution in [3.63, 3.8) is 0 Å². The Bertz CT molecular complexity index is 791. The summed E-state index contributed by atoms with van der Waals surface area (Å²) >= 11 is 0. The molecule has 27 heavy (non-hydrogen) atoms. The minimum absolute atomic E-state index is 0.0968. The zero-order valence-corrected chi connectivity index (χ0v) is 15.9. The van der Waals surface area contributed by atoms with E-state index in [1.807, 2.05) is 25.2 Å². The van der Waals surface area contributed by atoms with Crippen molar-refractivity contribution >= 4 is 22.8 Å². The molecule has 1 saturated heterocycles. The molecular formula is C21H28N4O2. The monoisotopic (exact) mass is 368 g/mol. The van der Waals surface area contributed by atoms with Crippen LogP contribution in [0.4, 0.5) is 4.79 Å². The number of carbonyl (C=O) groups is 2. The Morgan fingerprint density at radius 3 is 2.85 bits per heavy atom. The van der Waals surface area contributed by atoms with Crippen LogP contribution >= 0.6 is 0 Å². The van der Waals surface area contributed by atoms with Crippen molar-refractivity contribution in [3.05, 3.63) is 36.0 Å². The molecule has 2 heterocycles. The molecule has 0 unspecified atom stereocenters. The largest absolute Gasteiger partial charge is 0.357 e. The molecule has 1 atom stereocenters. The standard InChI is InChI=1S/C21H28N4O2/c1-24(13-15-10-20(26)25(14-15)18-7-3-4-8-18)21(27)22-12-17-11-16-6-2-5-9-19(16)23-17/h2,5-6,9,11,15,18,23H,3-4,7-8,10,12-14H2,1H3,(H,22,27)/t15-/m1/s1. The number of H-pyrrole nitrogens is 1. The van der Waals surface area contributed by atoms with E-state index in [2.05, 4.69) is 27.3 Å². The molecule has 0 radical (unpaired) electrons. The van der Waals surface area contributed by atoms with E-state index in [1.165, 1.54) is 12.8 Å². The van der Waals surface area contributed by atoms with Gasteiger partial charge in [-0.15, -0.1) is 0 Å². The maximum atomic E-state index is 12.4. The molecule has 2 fully saturated rings. The topological polar surface area (TPSA) is 68.4 Å². The normalized spacial score (nSPS) is 20.6. The predicted molar refractivity (Wildman–Crippen MR) is 105 cm³/mol. The Hall–Kier alpha value is -2.50. The highest BCUT2D eigenvalue weighted by Gasteiger charge is 2.36. The lowest BCUT2D eigenvalue weighted by Crippen LogP contribution is -2.40. The van der Waals surface area contributed by atoms with Crippen LogP contribution in [0.5, 0.6) is 0 Å². The molecule has 1 saturated carbocycles. The van der Waals surface area contributed by atoms with E-state index >= 15 is 0 Å². The highest BCUT2D eigenvalue weighted by molar-refractivity contribution is 5.81. The summed E-state index contributed by atoms with van der Waals surface area (Å²) in [6.45, 7) is 1.88. The number of likely N-dealkylation sites (tertiary alicyclic amines) is 1. The molecule has 1 aliphatic heterocycles. The van der Waals surface area contributed by atoms with Crippen molar-refractivity contribution in [2.75, 3.05) is 20.1 Å². The summed E-state index contributed by atoms with van der Waals surface area (Å²) in [7, 11) is 1.81. The molecule has 2 aliphatic rings. The van der Waals surface area contributed by atoms with Gasteiger partial charge in [-0.3, -0.25) is 4.79 Å². The first kappa shape index (κ1) is 17.9. The van der Waals surface area contributed by atoms with Crippen molar-refractivity contribution in [1.29, 1.82) is 0 Å². The summed E-state index contributed by atoms with van der Waals surface area (Å²) < 4.78 is 0. The Morgan fingerprint density at radius 1 is 1.30 bits per heavy atom. The van der Waals surface area contributed by atoms with Gasteiger partial charge in [0.15, 0.2) is 0 Å². The number of rotatable bonds is 5. The third kappa shape index (κ3) is 3.94. The quantitative estimate of drug-likeness (QED) is 0.851. The maximum absolute atomic E-state index is 12.4. The lowest BCUT2D eigenvalue weighted by molar-refractivity contribution is -0.129. The van der Waals surface area contributed by atoms with Gasteiger partial charge < -0.3 is 20.1 Å². The summed E-state index contributed by atoms with van der Waals surface area (Å²) in [5.74, 6) is 0.501. The van der Waals surface area contributed by atoms with E-state index in [-0.39, 0.29) is 17.9 Å². The smallest absolute Gasteiger partial charge is 0.317 e. The van der Waals surface area contributed by atoms with Crippen molar-refractivity contribution in [2.45, 2.75) is 44.7 Å². The van der Waals surface area contributed by atoms with Crippen LogP contribution in [0.1, 0.15) is 37.8 Å². The summed E-state index contributed by atoms with van der Waals surface area (Å²) in [6.07, 6.45) is 5.30. The van der Waals surface area contributed by atoms with Crippen molar-refractivity contribution in [2.24, 2.45) is 5.92 Å². The molecular weight excluding hydrogens is 340 g/mol. The Morgan fingerprint density at radius 2 is 2.07 bits per heavy atom. The highest BCUT2D eigenvalue weighted by atomic mass is 16.2. The fourth-order valence-electron chi connectivity index (χ4n) is 4.50. The number of aromatic nitrogens is 1. The van der Waals surface area contributed by atoms with Gasteiger partial charge in [-0.25, -0.2) is 4.79 Å². The van der Waals surface area contributed by atoms with Crippen LogP contribution in [-0.2, 0) is 11.3 Å². The fourth-order valence-corrected chi connectivity index (χ4v) is 4.50. The summed E-state index contributed by atoms with van der Waals surface area (Å²) in [5, 5.41) is 4.11. The molecule has 0 bridgehead atoms. The SMILES string of the molecule is CN(C[C@H]1CC(=O)N(C2CCCC2)C1)C(=O)NCc1cc2ccccc2[nH]1. The zero-order valence-electron chi connectivity index (χ0n) is 15.9. The van der Waals surface area contributed by atoms with Crippen molar-refractivity contribution in [1.82, 2.24) is 20.1 Å². The molecule has 2 N–H and O–H groups in total. The lowest BCUT2D eigenvalue weighted by atomic mass is 10.1. The number of aromatic amines is 1. The molecule has 6 heteroatoms. The van der Waals surface area contributed by atoms with E-state index in [0.29, 0.717) is 25.6 Å². The Kier molecular flexibility index (Phi) is 5.05. The first-order valence-electron chi connectivity index (χ1n) is 9.95. The molecule has 3 amide bonds. The lowest BCUT2D eigenvalue weighted by Gasteiger charge is -2.25. The van der Waals surface area contributed by atoms with Crippen LogP contribution in [0.2, 0.25) is 0 Å². The van der Waals surface area contributed by atoms with Crippen LogP contribution in [-0.4, -0.2) is 52.9 Å². The minimum Gasteiger partial charge on any atom is -0.357 e. The van der Waals surface area contributed by atoms with Gasteiger partial charge in [0.2, 0.25) is 5.91 Å². The number of urea groups is 1. The number of carbonyl (C=O) groups excluding carboxylic acids is 2. The average molecular weight is 368 g/mol. The van der Waals surface area contributed by atoms with Gasteiger partial charge in [-0.05, 0) is 30.4 Å². The van der Waals surface area contributed by atoms with E-state index in [1.54, 1.807) is 4.90 Å². The van der Waals surface area contributed by atoms with Gasteiger partial charge in [0, 0.05) is 49.7 Å². The van der Waals surface area contributed by atoms with Crippen LogP contribution in [0, 0.1) is 5.92 Å². The minimum atomic E-state index is -0.0968. The number of para-hydroxylation sites is 1. The number of amides is 3. The summed E-state index contributed by atoms with van der Waals surface area (Å²) in [4.78, 5) is 31.9. The third-order valence-corrected chi connectivity index (χ3v) is 5.90. The van der Waals surface area contributed by atoms with E-state index in [4.69, 9.17) is 0 Å². The molecule has 2 aromatic rings. The van der Waals surface area contributed by atoms with Gasteiger partial charge in [0.1, 0.15) is 0 Å². The average Bonchev–Trinajstić information content (AvgIpc) is 3.38. The molecule has 0 spiro atoms. The van der Waals surface area contributed by atoms with Crippen molar-refractivity contribution < 1.29 is 9.59 Å². The van der Waals surface area contributed by atoms with Crippen LogP contribution in [0.3, 0.4) is 0 Å². The molecule has 1 aliphatic carbocycles. The number of hydrogen-bond donors (Lipinski definition) is 2. The zero-order chi connectivity index (χ0) is 18.8. The molecule has 1 aromatic carbocycles. The third-order valence-electron chi connectivity index (χ3n) is 5.90. The van der Waals surface area contributed by atoms with E-state index < -0.39 is 0 Å². The molecule has 4 rings (SSSR count). The van der Waals surface area contributed by atoms with Crippen LogP contribution in [0.25, 0.3) is 10.9 Å². The van der Waals surface area contributed by atoms with Crippen molar-refractivity contribution in [3.8, 4) is 0 Å². The summed E-state index contributed by atoms with van der Waals surface area (Å²) in [5.41, 5.74) is 2.06. The second kappa shape index (κ2) is 7.62. The van der Waals surface area contributed by atoms with Gasteiger partial charge >= 0.3 is 6.03 Å². The highest BCUT2D eigenvalue weighted by Crippen LogP contribution is 2.29. The molecule has 1 aromatic heterocycles. The fraction of sp³-hybridized carbons (Fsp3) is 0.524. The number of nitrogens with one attached hydrogen (secondary N) is 2. The van der Waals surface area contributed by atoms with E-state index in [9.17, 15) is 9.59 Å². The second-order valence-corrected chi connectivity index (χ2v) is 7.98. The number of fused-ring (bicyclic) bond motifs is 1. The molecule has 144 valence electrons. The Balaban J connectivity index is 1.27. The van der Waals surface area contributed by atoms with Crippen LogP contribution in [0.15, 0.2) is 30.3 Å². The number of nitrogens with zero attached hydrogens (tertiary/aromatic N) is 2. The summed E-state index contributed by atoms with van der Waals surface area (Å²) in [6, 6.07) is 10.5. The van der Waals surface area contributed by atoms with Gasteiger partial charge in [-0.1, -0.05) is 31.0 Å². The van der Waals surface area contributed by atoms with Gasteiger partial charge in [0.25, 0.3) is 0 Å². The molecule has 6 nitrogen and oxygen atoms in total. The second-order valence-electron chi connectivity index (χ2n) is 7.98.